The van der Waals surface area contributed by atoms with Crippen molar-refractivity contribution in [1.82, 2.24) is 0 Å². The van der Waals surface area contributed by atoms with Gasteiger partial charge in [-0.2, -0.15) is 0 Å². The van der Waals surface area contributed by atoms with Gasteiger partial charge in [0.1, 0.15) is 0 Å². The van der Waals surface area contributed by atoms with Crippen molar-refractivity contribution in [3.05, 3.63) is 12.7 Å². The van der Waals surface area contributed by atoms with E-state index in [1.54, 1.807) is 12.3 Å². The quantitative estimate of drug-likeness (QED) is 0.315. The van der Waals surface area contributed by atoms with E-state index in [4.69, 9.17) is 11.6 Å². The van der Waals surface area contributed by atoms with Gasteiger partial charge in [-0.05, 0) is 6.92 Å². The van der Waals surface area contributed by atoms with E-state index < -0.39 is 0 Å². The molecule has 46 valence electrons. The van der Waals surface area contributed by atoms with Gasteiger partial charge in [0.25, 0.3) is 0 Å². The lowest BCUT2D eigenvalue weighted by Gasteiger charge is -1.86. The molecule has 2 heteroatoms. The predicted molar refractivity (Wildman–Crippen MR) is 38.9 cm³/mol. The zero-order valence-electron chi connectivity index (χ0n) is 4.97. The summed E-state index contributed by atoms with van der Waals surface area (Å²) in [5.41, 5.74) is 0. The minimum absolute atomic E-state index is 0.0370. The topological polar surface area (TPSA) is 12.4 Å². The van der Waals surface area contributed by atoms with Crippen LogP contribution in [-0.4, -0.2) is 18.1 Å². The summed E-state index contributed by atoms with van der Waals surface area (Å²) in [4.78, 5) is 3.91. The molecule has 0 saturated heterocycles. The van der Waals surface area contributed by atoms with Crippen molar-refractivity contribution in [2.75, 3.05) is 6.54 Å². The summed E-state index contributed by atoms with van der Waals surface area (Å²) in [5, 5.41) is 0.0370. The van der Waals surface area contributed by atoms with Gasteiger partial charge in [0, 0.05) is 6.21 Å². The first kappa shape index (κ1) is 7.70. The first-order valence-electron chi connectivity index (χ1n) is 2.52. The van der Waals surface area contributed by atoms with E-state index in [0.29, 0.717) is 6.54 Å². The molecule has 0 spiro atoms. The zero-order valence-corrected chi connectivity index (χ0v) is 5.73. The molecule has 8 heavy (non-hydrogen) atoms. The molecule has 0 N–H and O–H groups in total. The molecule has 0 fully saturated rings. The summed E-state index contributed by atoms with van der Waals surface area (Å²) in [6.07, 6.45) is 3.43. The number of alkyl halides is 1. The van der Waals surface area contributed by atoms with Gasteiger partial charge in [0.15, 0.2) is 0 Å². The van der Waals surface area contributed by atoms with E-state index in [1.807, 2.05) is 6.92 Å². The van der Waals surface area contributed by atoms with Crippen molar-refractivity contribution in [3.63, 3.8) is 0 Å². The number of nitrogens with zero attached hydrogens (tertiary/aromatic N) is 1. The lowest BCUT2D eigenvalue weighted by atomic mass is 10.5. The van der Waals surface area contributed by atoms with Crippen LogP contribution in [0, 0.1) is 0 Å². The molecule has 1 unspecified atom stereocenters. The molecule has 1 nitrogen and oxygen atoms in total. The largest absolute Gasteiger partial charge is 0.292 e. The summed E-state index contributed by atoms with van der Waals surface area (Å²) >= 11 is 5.53. The fourth-order valence-electron chi connectivity index (χ4n) is 0.281. The number of aliphatic imine (C=N–C) groups is 1. The highest BCUT2D eigenvalue weighted by Gasteiger charge is 1.83. The SMILES string of the molecule is C=CCN=CC(C)Cl. The van der Waals surface area contributed by atoms with Gasteiger partial charge in [0.05, 0.1) is 11.9 Å². The first-order valence-corrected chi connectivity index (χ1v) is 2.96. The molecule has 0 saturated carbocycles. The lowest BCUT2D eigenvalue weighted by molar-refractivity contribution is 1.22. The summed E-state index contributed by atoms with van der Waals surface area (Å²) in [5.74, 6) is 0. The molecule has 0 aromatic carbocycles. The Morgan fingerprint density at radius 1 is 1.88 bits per heavy atom. The number of halogens is 1. The van der Waals surface area contributed by atoms with Crippen molar-refractivity contribution in [2.45, 2.75) is 12.3 Å². The van der Waals surface area contributed by atoms with Gasteiger partial charge in [0.2, 0.25) is 0 Å². The van der Waals surface area contributed by atoms with E-state index in [9.17, 15) is 0 Å². The van der Waals surface area contributed by atoms with Crippen LogP contribution in [-0.2, 0) is 0 Å². The Bertz CT molecular complexity index is 86.5. The average molecular weight is 132 g/mol. The molecule has 0 aliphatic rings. The van der Waals surface area contributed by atoms with E-state index in [2.05, 4.69) is 11.6 Å². The minimum atomic E-state index is 0.0370. The number of hydrogen-bond acceptors (Lipinski definition) is 1. The Morgan fingerprint density at radius 2 is 2.50 bits per heavy atom. The van der Waals surface area contributed by atoms with Gasteiger partial charge in [-0.15, -0.1) is 18.2 Å². The fourth-order valence-corrected chi connectivity index (χ4v) is 0.360. The maximum absolute atomic E-state index is 5.53. The maximum Gasteiger partial charge on any atom is 0.0655 e. The smallest absolute Gasteiger partial charge is 0.0655 e. The Hall–Kier alpha value is -0.300. The van der Waals surface area contributed by atoms with Crippen LogP contribution in [0.15, 0.2) is 17.6 Å². The van der Waals surface area contributed by atoms with E-state index in [-0.39, 0.29) is 5.38 Å². The Balaban J connectivity index is 3.19. The van der Waals surface area contributed by atoms with Crippen LogP contribution >= 0.6 is 11.6 Å². The molecular weight excluding hydrogens is 122 g/mol. The predicted octanol–water partition coefficient (Wildman–Crippen LogP) is 1.87. The standard InChI is InChI=1S/C6H10ClN/c1-3-4-8-5-6(2)7/h3,5-6H,1,4H2,2H3. The normalized spacial score (nSPS) is 14.2. The highest BCUT2D eigenvalue weighted by molar-refractivity contribution is 6.27. The van der Waals surface area contributed by atoms with Crippen molar-refractivity contribution in [2.24, 2.45) is 4.99 Å². The van der Waals surface area contributed by atoms with E-state index >= 15 is 0 Å². The molecule has 0 aromatic heterocycles. The third-order valence-corrected chi connectivity index (χ3v) is 0.658. The van der Waals surface area contributed by atoms with E-state index in [1.165, 1.54) is 0 Å². The van der Waals surface area contributed by atoms with Crippen LogP contribution in [0.25, 0.3) is 0 Å². The second-order valence-corrected chi connectivity index (χ2v) is 2.17. The third kappa shape index (κ3) is 5.70. The molecule has 1 atom stereocenters. The second-order valence-electron chi connectivity index (χ2n) is 1.48. The van der Waals surface area contributed by atoms with Crippen LogP contribution in [0.1, 0.15) is 6.92 Å². The van der Waals surface area contributed by atoms with Crippen molar-refractivity contribution in [3.8, 4) is 0 Å². The van der Waals surface area contributed by atoms with Crippen LogP contribution < -0.4 is 0 Å². The summed E-state index contributed by atoms with van der Waals surface area (Å²) in [7, 11) is 0. The number of rotatable bonds is 3. The molecule has 0 aliphatic heterocycles. The van der Waals surface area contributed by atoms with Crippen LogP contribution in [0.3, 0.4) is 0 Å². The van der Waals surface area contributed by atoms with Gasteiger partial charge < -0.3 is 0 Å². The Labute approximate surface area is 55.1 Å². The van der Waals surface area contributed by atoms with Gasteiger partial charge in [-0.1, -0.05) is 6.08 Å². The zero-order chi connectivity index (χ0) is 6.41. The molecule has 0 aromatic rings. The Morgan fingerprint density at radius 3 is 2.88 bits per heavy atom. The van der Waals surface area contributed by atoms with Crippen molar-refractivity contribution in [1.29, 1.82) is 0 Å². The molecular formula is C6H10ClN. The number of hydrogen-bond donors (Lipinski definition) is 0. The van der Waals surface area contributed by atoms with Crippen LogP contribution in [0.5, 0.6) is 0 Å². The average Bonchev–Trinajstić information content (AvgIpc) is 1.66. The highest BCUT2D eigenvalue weighted by Crippen LogP contribution is 1.86. The van der Waals surface area contributed by atoms with Crippen LogP contribution in [0.4, 0.5) is 0 Å². The summed E-state index contributed by atoms with van der Waals surface area (Å²) in [6.45, 7) is 6.03. The maximum atomic E-state index is 5.53. The monoisotopic (exact) mass is 131 g/mol. The molecule has 0 aliphatic carbocycles. The van der Waals surface area contributed by atoms with Gasteiger partial charge >= 0.3 is 0 Å². The molecule has 0 radical (unpaired) electrons. The summed E-state index contributed by atoms with van der Waals surface area (Å²) in [6, 6.07) is 0. The Kier molecular flexibility index (Phi) is 4.67. The molecule has 0 bridgehead atoms. The van der Waals surface area contributed by atoms with Crippen molar-refractivity contribution < 1.29 is 0 Å². The van der Waals surface area contributed by atoms with Crippen molar-refractivity contribution >= 4 is 17.8 Å². The van der Waals surface area contributed by atoms with Crippen LogP contribution in [0.2, 0.25) is 0 Å². The molecule has 0 rings (SSSR count). The second kappa shape index (κ2) is 4.85. The summed E-state index contributed by atoms with van der Waals surface area (Å²) < 4.78 is 0. The lowest BCUT2D eigenvalue weighted by Crippen LogP contribution is -1.90. The van der Waals surface area contributed by atoms with Gasteiger partial charge in [-0.3, -0.25) is 4.99 Å². The molecule has 0 amide bonds. The molecule has 0 heterocycles. The fraction of sp³-hybridized carbons (Fsp3) is 0.500. The highest BCUT2D eigenvalue weighted by atomic mass is 35.5. The van der Waals surface area contributed by atoms with E-state index in [0.717, 1.165) is 0 Å². The minimum Gasteiger partial charge on any atom is -0.292 e. The first-order chi connectivity index (χ1) is 3.77. The third-order valence-electron chi connectivity index (χ3n) is 0.545. The van der Waals surface area contributed by atoms with Gasteiger partial charge in [-0.25, -0.2) is 0 Å².